The first-order chi connectivity index (χ1) is 7.97. The number of nitriles is 1. The van der Waals surface area contributed by atoms with Crippen molar-refractivity contribution in [3.05, 3.63) is 35.4 Å². The minimum absolute atomic E-state index is 0.360. The number of rotatable bonds is 5. The second-order valence-corrected chi connectivity index (χ2v) is 5.89. The second kappa shape index (κ2) is 5.80. The third-order valence-corrected chi connectivity index (χ3v) is 3.63. The van der Waals surface area contributed by atoms with Crippen molar-refractivity contribution < 1.29 is 8.42 Å². The molecule has 1 aromatic carbocycles. The van der Waals surface area contributed by atoms with Crippen LogP contribution in [0.2, 0.25) is 0 Å². The molecule has 0 radical (unpaired) electrons. The van der Waals surface area contributed by atoms with Crippen molar-refractivity contribution in [1.29, 1.82) is 5.26 Å². The lowest BCUT2D eigenvalue weighted by Gasteiger charge is -2.19. The van der Waals surface area contributed by atoms with Crippen LogP contribution in [0.15, 0.2) is 24.3 Å². The Morgan fingerprint density at radius 1 is 1.29 bits per heavy atom. The predicted molar refractivity (Wildman–Crippen MR) is 66.7 cm³/mol. The fourth-order valence-corrected chi connectivity index (χ4v) is 2.40. The molecule has 92 valence electrons. The van der Waals surface area contributed by atoms with E-state index in [-0.39, 0.29) is 0 Å². The van der Waals surface area contributed by atoms with Crippen LogP contribution in [-0.2, 0) is 16.6 Å². The lowest BCUT2D eigenvalue weighted by atomic mass is 10.1. The monoisotopic (exact) mass is 252 g/mol. The van der Waals surface area contributed by atoms with Crippen LogP contribution in [0.25, 0.3) is 0 Å². The summed E-state index contributed by atoms with van der Waals surface area (Å²) in [6.45, 7) is 2.81. The molecule has 0 aliphatic rings. The average Bonchev–Trinajstić information content (AvgIpc) is 2.28. The Labute approximate surface area is 103 Å². The topological polar surface area (TPSA) is 61.2 Å². The highest BCUT2D eigenvalue weighted by Gasteiger charge is 2.15. The van der Waals surface area contributed by atoms with E-state index in [1.165, 1.54) is 10.6 Å². The molecular weight excluding hydrogens is 236 g/mol. The molecule has 0 spiro atoms. The van der Waals surface area contributed by atoms with E-state index in [1.54, 1.807) is 24.3 Å². The summed E-state index contributed by atoms with van der Waals surface area (Å²) in [5, 5.41) is 8.67. The van der Waals surface area contributed by atoms with Crippen LogP contribution >= 0.6 is 0 Å². The zero-order valence-electron chi connectivity index (χ0n) is 10.0. The summed E-state index contributed by atoms with van der Waals surface area (Å²) < 4.78 is 24.5. The van der Waals surface area contributed by atoms with Gasteiger partial charge in [0.05, 0.1) is 17.9 Å². The zero-order chi connectivity index (χ0) is 12.9. The molecule has 0 aromatic heterocycles. The van der Waals surface area contributed by atoms with Crippen molar-refractivity contribution in [2.24, 2.45) is 0 Å². The van der Waals surface area contributed by atoms with E-state index in [0.29, 0.717) is 18.7 Å². The normalized spacial score (nSPS) is 11.4. The summed E-state index contributed by atoms with van der Waals surface area (Å²) in [4.78, 5) is 0. The van der Waals surface area contributed by atoms with Crippen LogP contribution in [0.3, 0.4) is 0 Å². The molecule has 0 N–H and O–H groups in total. The second-order valence-electron chi connectivity index (χ2n) is 3.91. The summed E-state index contributed by atoms with van der Waals surface area (Å²) in [6.07, 6.45) is 2.00. The van der Waals surface area contributed by atoms with Gasteiger partial charge in [-0.15, -0.1) is 0 Å². The lowest BCUT2D eigenvalue weighted by molar-refractivity contribution is 0.409. The Morgan fingerprint density at radius 3 is 2.29 bits per heavy atom. The maximum Gasteiger partial charge on any atom is 0.211 e. The fraction of sp³-hybridized carbons (Fsp3) is 0.417. The minimum Gasteiger partial charge on any atom is -0.212 e. The van der Waals surface area contributed by atoms with Crippen molar-refractivity contribution in [2.75, 3.05) is 12.8 Å². The van der Waals surface area contributed by atoms with Crippen LogP contribution in [-0.4, -0.2) is 25.5 Å². The van der Waals surface area contributed by atoms with Crippen LogP contribution in [0.1, 0.15) is 24.5 Å². The summed E-state index contributed by atoms with van der Waals surface area (Å²) in [6, 6.07) is 8.99. The minimum atomic E-state index is -3.17. The molecule has 0 bridgehead atoms. The SMILES string of the molecule is CCCN(Cc1ccc(C#N)cc1)S(C)(=O)=O. The first-order valence-electron chi connectivity index (χ1n) is 5.41. The molecule has 0 saturated carbocycles. The largest absolute Gasteiger partial charge is 0.212 e. The Kier molecular flexibility index (Phi) is 4.67. The van der Waals surface area contributed by atoms with Gasteiger partial charge in [-0.2, -0.15) is 9.57 Å². The first-order valence-corrected chi connectivity index (χ1v) is 7.26. The van der Waals surface area contributed by atoms with Gasteiger partial charge < -0.3 is 0 Å². The van der Waals surface area contributed by atoms with Crippen molar-refractivity contribution in [3.8, 4) is 6.07 Å². The first kappa shape index (κ1) is 13.7. The van der Waals surface area contributed by atoms with Crippen LogP contribution in [0.5, 0.6) is 0 Å². The zero-order valence-corrected chi connectivity index (χ0v) is 10.9. The lowest BCUT2D eigenvalue weighted by Crippen LogP contribution is -2.30. The molecule has 5 heteroatoms. The quantitative estimate of drug-likeness (QED) is 0.801. The van der Waals surface area contributed by atoms with Crippen LogP contribution in [0.4, 0.5) is 0 Å². The van der Waals surface area contributed by atoms with E-state index in [0.717, 1.165) is 12.0 Å². The molecule has 0 fully saturated rings. The molecule has 0 aliphatic carbocycles. The van der Waals surface area contributed by atoms with Crippen molar-refractivity contribution in [3.63, 3.8) is 0 Å². The standard InChI is InChI=1S/C12H16N2O2S/c1-3-8-14(17(2,15)16)10-12-6-4-11(9-13)5-7-12/h4-7H,3,8,10H2,1-2H3. The number of hydrogen-bond donors (Lipinski definition) is 0. The van der Waals surface area contributed by atoms with E-state index in [4.69, 9.17) is 5.26 Å². The van der Waals surface area contributed by atoms with E-state index in [2.05, 4.69) is 0 Å². The van der Waals surface area contributed by atoms with Gasteiger partial charge >= 0.3 is 0 Å². The molecule has 0 unspecified atom stereocenters. The highest BCUT2D eigenvalue weighted by molar-refractivity contribution is 7.88. The van der Waals surface area contributed by atoms with E-state index < -0.39 is 10.0 Å². The Balaban J connectivity index is 2.83. The molecule has 1 aromatic rings. The number of nitrogens with zero attached hydrogens (tertiary/aromatic N) is 2. The molecule has 1 rings (SSSR count). The number of sulfonamides is 1. The van der Waals surface area contributed by atoms with Crippen molar-refractivity contribution in [1.82, 2.24) is 4.31 Å². The Hall–Kier alpha value is -1.38. The maximum atomic E-state index is 11.5. The third-order valence-electron chi connectivity index (χ3n) is 2.38. The molecule has 17 heavy (non-hydrogen) atoms. The number of hydrogen-bond acceptors (Lipinski definition) is 3. The summed E-state index contributed by atoms with van der Waals surface area (Å²) in [7, 11) is -3.17. The van der Waals surface area contributed by atoms with Gasteiger partial charge in [-0.05, 0) is 24.1 Å². The highest BCUT2D eigenvalue weighted by Crippen LogP contribution is 2.10. The molecule has 4 nitrogen and oxygen atoms in total. The van der Waals surface area contributed by atoms with Gasteiger partial charge in [-0.1, -0.05) is 19.1 Å². The molecule has 0 amide bonds. The Morgan fingerprint density at radius 2 is 1.88 bits per heavy atom. The van der Waals surface area contributed by atoms with Gasteiger partial charge in [0.1, 0.15) is 0 Å². The van der Waals surface area contributed by atoms with Crippen molar-refractivity contribution >= 4 is 10.0 Å². The average molecular weight is 252 g/mol. The van der Waals surface area contributed by atoms with Crippen molar-refractivity contribution in [2.45, 2.75) is 19.9 Å². The van der Waals surface area contributed by atoms with E-state index in [9.17, 15) is 8.42 Å². The van der Waals surface area contributed by atoms with E-state index >= 15 is 0 Å². The summed E-state index contributed by atoms with van der Waals surface area (Å²) in [5.41, 5.74) is 1.47. The molecule has 0 aliphatic heterocycles. The van der Waals surface area contributed by atoms with Gasteiger partial charge in [0.15, 0.2) is 0 Å². The van der Waals surface area contributed by atoms with Gasteiger partial charge in [-0.3, -0.25) is 0 Å². The number of benzene rings is 1. The molecule has 0 heterocycles. The summed E-state index contributed by atoms with van der Waals surface area (Å²) in [5.74, 6) is 0. The predicted octanol–water partition coefficient (Wildman–Crippen LogP) is 1.73. The van der Waals surface area contributed by atoms with Gasteiger partial charge in [0, 0.05) is 13.1 Å². The van der Waals surface area contributed by atoms with Gasteiger partial charge in [0.25, 0.3) is 0 Å². The molecular formula is C12H16N2O2S. The smallest absolute Gasteiger partial charge is 0.211 e. The summed E-state index contributed by atoms with van der Waals surface area (Å²) >= 11 is 0. The van der Waals surface area contributed by atoms with Crippen LogP contribution < -0.4 is 0 Å². The maximum absolute atomic E-state index is 11.5. The molecule has 0 atom stereocenters. The van der Waals surface area contributed by atoms with Gasteiger partial charge in [-0.25, -0.2) is 8.42 Å². The third kappa shape index (κ3) is 4.17. The van der Waals surface area contributed by atoms with Gasteiger partial charge in [0.2, 0.25) is 10.0 Å². The molecule has 0 saturated heterocycles. The highest BCUT2D eigenvalue weighted by atomic mass is 32.2. The Bertz CT molecular complexity index is 500. The van der Waals surface area contributed by atoms with Crippen LogP contribution in [0, 0.1) is 11.3 Å². The fourth-order valence-electron chi connectivity index (χ4n) is 1.50. The van der Waals surface area contributed by atoms with E-state index in [1.807, 2.05) is 13.0 Å².